The van der Waals surface area contributed by atoms with Crippen molar-refractivity contribution in [2.45, 2.75) is 52.1 Å². The highest BCUT2D eigenvalue weighted by Crippen LogP contribution is 2.32. The Kier molecular flexibility index (Phi) is 6.96. The van der Waals surface area contributed by atoms with E-state index in [2.05, 4.69) is 30.7 Å². The number of fused-ring (bicyclic) bond motifs is 1. The third-order valence-electron chi connectivity index (χ3n) is 7.14. The van der Waals surface area contributed by atoms with E-state index in [1.807, 2.05) is 25.7 Å². The quantitative estimate of drug-likeness (QED) is 0.547. The number of hydrogen-bond acceptors (Lipinski definition) is 7. The molecule has 1 saturated heterocycles. The highest BCUT2D eigenvalue weighted by molar-refractivity contribution is 6.04. The number of carbonyl (C=O) groups is 2. The first-order valence-electron chi connectivity index (χ1n) is 12.7. The van der Waals surface area contributed by atoms with Crippen molar-refractivity contribution >= 4 is 17.6 Å². The molecule has 4 heterocycles. The molecule has 0 saturated carbocycles. The summed E-state index contributed by atoms with van der Waals surface area (Å²) in [5, 5.41) is 14.5. The summed E-state index contributed by atoms with van der Waals surface area (Å²) < 4.78 is 16.7. The largest absolute Gasteiger partial charge is 0.342 e. The van der Waals surface area contributed by atoms with Gasteiger partial charge in [-0.05, 0) is 85.9 Å². The van der Waals surface area contributed by atoms with Crippen LogP contribution in [-0.4, -0.2) is 73.0 Å². The second-order valence-electron chi connectivity index (χ2n) is 9.92. The topological polar surface area (TPSA) is 109 Å². The van der Waals surface area contributed by atoms with E-state index in [1.165, 1.54) is 6.07 Å². The maximum absolute atomic E-state index is 15.0. The van der Waals surface area contributed by atoms with E-state index in [-0.39, 0.29) is 29.4 Å². The molecule has 3 aromatic rings. The molecule has 194 valence electrons. The first-order valence-corrected chi connectivity index (χ1v) is 12.7. The van der Waals surface area contributed by atoms with Crippen molar-refractivity contribution in [1.29, 1.82) is 0 Å². The second-order valence-corrected chi connectivity index (χ2v) is 9.92. The van der Waals surface area contributed by atoms with Crippen LogP contribution in [0.25, 0.3) is 11.5 Å². The highest BCUT2D eigenvalue weighted by atomic mass is 19.1. The fourth-order valence-corrected chi connectivity index (χ4v) is 5.04. The maximum Gasteiger partial charge on any atom is 0.259 e. The molecule has 2 aromatic heterocycles. The number of tetrazole rings is 1. The Balaban J connectivity index is 1.34. The van der Waals surface area contributed by atoms with Crippen LogP contribution in [0.5, 0.6) is 0 Å². The summed E-state index contributed by atoms with van der Waals surface area (Å²) >= 11 is 0. The highest BCUT2D eigenvalue weighted by Gasteiger charge is 2.30. The van der Waals surface area contributed by atoms with E-state index in [0.29, 0.717) is 31.0 Å². The maximum atomic E-state index is 15.0. The van der Waals surface area contributed by atoms with Crippen LogP contribution >= 0.6 is 0 Å². The Hall–Kier alpha value is -3.73. The Morgan fingerprint density at radius 3 is 2.70 bits per heavy atom. The standard InChI is InChI=1S/C26H31FN8O2/c1-16(2)35-25(30-31-32-35)22-7-6-8-23(28-22)29-26(37)20-14-19-17(3)34(12-9-18(19)13-21(20)27)15-24(36)33-10-4-5-11-33/h6-8,13-14,16-17H,4-5,9-12,15H2,1-3H3,(H,28,29,37). The lowest BCUT2D eigenvalue weighted by molar-refractivity contribution is -0.132. The van der Waals surface area contributed by atoms with Gasteiger partial charge in [0.15, 0.2) is 0 Å². The van der Waals surface area contributed by atoms with Crippen molar-refractivity contribution in [2.75, 3.05) is 31.5 Å². The van der Waals surface area contributed by atoms with Crippen LogP contribution in [0.1, 0.15) is 67.2 Å². The summed E-state index contributed by atoms with van der Waals surface area (Å²) in [6, 6.07) is 8.09. The molecule has 0 spiro atoms. The molecular formula is C26H31FN8O2. The van der Waals surface area contributed by atoms with E-state index in [9.17, 15) is 9.59 Å². The van der Waals surface area contributed by atoms with E-state index in [4.69, 9.17) is 0 Å². The molecule has 1 N–H and O–H groups in total. The van der Waals surface area contributed by atoms with Crippen molar-refractivity contribution < 1.29 is 14.0 Å². The number of nitrogens with one attached hydrogen (secondary N) is 1. The molecule has 2 aliphatic heterocycles. The van der Waals surface area contributed by atoms with Crippen molar-refractivity contribution in [1.82, 2.24) is 35.0 Å². The molecule has 1 aromatic carbocycles. The molecule has 0 aliphatic carbocycles. The average molecular weight is 507 g/mol. The van der Waals surface area contributed by atoms with Crippen molar-refractivity contribution in [3.05, 3.63) is 52.8 Å². The average Bonchev–Trinajstić information content (AvgIpc) is 3.58. The number of likely N-dealkylation sites (tertiary alicyclic amines) is 1. The fourth-order valence-electron chi connectivity index (χ4n) is 5.04. The molecule has 11 heteroatoms. The zero-order valence-electron chi connectivity index (χ0n) is 21.3. The zero-order valence-corrected chi connectivity index (χ0v) is 21.3. The van der Waals surface area contributed by atoms with Crippen LogP contribution in [0.15, 0.2) is 30.3 Å². The second kappa shape index (κ2) is 10.3. The minimum atomic E-state index is -0.592. The molecule has 0 bridgehead atoms. The number of benzene rings is 1. The zero-order chi connectivity index (χ0) is 26.1. The molecule has 10 nitrogen and oxygen atoms in total. The van der Waals surface area contributed by atoms with Gasteiger partial charge in [-0.2, -0.15) is 0 Å². The lowest BCUT2D eigenvalue weighted by Gasteiger charge is -2.36. The summed E-state index contributed by atoms with van der Waals surface area (Å²) in [7, 11) is 0. The molecule has 2 aliphatic rings. The summed E-state index contributed by atoms with van der Waals surface area (Å²) in [6.45, 7) is 8.53. The van der Waals surface area contributed by atoms with Crippen LogP contribution in [0.3, 0.4) is 0 Å². The molecule has 5 rings (SSSR count). The van der Waals surface area contributed by atoms with Crippen LogP contribution in [0.2, 0.25) is 0 Å². The molecule has 2 amide bonds. The first kappa shape index (κ1) is 24.9. The number of aromatic nitrogens is 5. The van der Waals surface area contributed by atoms with Gasteiger partial charge in [-0.25, -0.2) is 14.1 Å². The molecular weight excluding hydrogens is 475 g/mol. The molecule has 1 unspecified atom stereocenters. The number of nitrogens with zero attached hydrogens (tertiary/aromatic N) is 7. The van der Waals surface area contributed by atoms with E-state index < -0.39 is 11.7 Å². The lowest BCUT2D eigenvalue weighted by Crippen LogP contribution is -2.43. The Bertz CT molecular complexity index is 1320. The van der Waals surface area contributed by atoms with Gasteiger partial charge in [-0.3, -0.25) is 14.5 Å². The summed E-state index contributed by atoms with van der Waals surface area (Å²) in [5.74, 6) is -0.301. The Labute approximate surface area is 214 Å². The van der Waals surface area contributed by atoms with Gasteiger partial charge in [0, 0.05) is 25.7 Å². The van der Waals surface area contributed by atoms with Gasteiger partial charge < -0.3 is 10.2 Å². The van der Waals surface area contributed by atoms with E-state index in [0.717, 1.165) is 37.1 Å². The van der Waals surface area contributed by atoms with Gasteiger partial charge in [-0.15, -0.1) is 5.10 Å². The van der Waals surface area contributed by atoms with Gasteiger partial charge in [0.05, 0.1) is 18.2 Å². The van der Waals surface area contributed by atoms with Crippen LogP contribution in [-0.2, 0) is 11.2 Å². The predicted octanol–water partition coefficient (Wildman–Crippen LogP) is 3.25. The number of hydrogen-bond donors (Lipinski definition) is 1. The van der Waals surface area contributed by atoms with Gasteiger partial charge in [0.1, 0.15) is 17.3 Å². The smallest absolute Gasteiger partial charge is 0.259 e. The third kappa shape index (κ3) is 5.08. The van der Waals surface area contributed by atoms with Crippen LogP contribution in [0, 0.1) is 5.82 Å². The number of anilines is 1. The SMILES string of the molecule is CC1c2cc(C(=O)Nc3cccc(-c4nnnn4C(C)C)n3)c(F)cc2CCN1CC(=O)N1CCCC1. The van der Waals surface area contributed by atoms with Gasteiger partial charge in [0.25, 0.3) is 5.91 Å². The number of halogens is 1. The first-order chi connectivity index (χ1) is 17.8. The minimum Gasteiger partial charge on any atom is -0.342 e. The number of pyridine rings is 1. The number of amides is 2. The normalized spacial score (nSPS) is 17.8. The molecule has 1 fully saturated rings. The summed E-state index contributed by atoms with van der Waals surface area (Å²) in [6.07, 6.45) is 2.72. The van der Waals surface area contributed by atoms with E-state index in [1.54, 1.807) is 28.9 Å². The number of rotatable bonds is 6. The predicted molar refractivity (Wildman–Crippen MR) is 135 cm³/mol. The van der Waals surface area contributed by atoms with Crippen LogP contribution < -0.4 is 5.32 Å². The van der Waals surface area contributed by atoms with Gasteiger partial charge in [0.2, 0.25) is 11.7 Å². The van der Waals surface area contributed by atoms with Gasteiger partial charge in [-0.1, -0.05) is 6.07 Å². The minimum absolute atomic E-state index is 0.0295. The van der Waals surface area contributed by atoms with Crippen LogP contribution in [0.4, 0.5) is 10.2 Å². The van der Waals surface area contributed by atoms with Crippen molar-refractivity contribution in [3.63, 3.8) is 0 Å². The van der Waals surface area contributed by atoms with Crippen molar-refractivity contribution in [3.8, 4) is 11.5 Å². The Morgan fingerprint density at radius 2 is 1.95 bits per heavy atom. The third-order valence-corrected chi connectivity index (χ3v) is 7.14. The van der Waals surface area contributed by atoms with E-state index >= 15 is 4.39 Å². The molecule has 0 radical (unpaired) electrons. The molecule has 1 atom stereocenters. The summed E-state index contributed by atoms with van der Waals surface area (Å²) in [5.41, 5.74) is 2.17. The molecule has 37 heavy (non-hydrogen) atoms. The van der Waals surface area contributed by atoms with Crippen molar-refractivity contribution in [2.24, 2.45) is 0 Å². The number of carbonyl (C=O) groups excluding carboxylic acids is 2. The van der Waals surface area contributed by atoms with Gasteiger partial charge >= 0.3 is 0 Å². The summed E-state index contributed by atoms with van der Waals surface area (Å²) in [4.78, 5) is 34.3. The fraction of sp³-hybridized carbons (Fsp3) is 0.462. The lowest BCUT2D eigenvalue weighted by atomic mass is 9.91. The monoisotopic (exact) mass is 506 g/mol. The Morgan fingerprint density at radius 1 is 1.16 bits per heavy atom.